The number of aryl methyl sites for hydroxylation is 1. The highest BCUT2D eigenvalue weighted by atomic mass is 79.9. The number of amides is 1. The fourth-order valence-electron chi connectivity index (χ4n) is 1.72. The van der Waals surface area contributed by atoms with Crippen molar-refractivity contribution in [1.29, 1.82) is 0 Å². The highest BCUT2D eigenvalue weighted by Gasteiger charge is 2.38. The van der Waals surface area contributed by atoms with Crippen LogP contribution in [0.2, 0.25) is 5.15 Å². The number of anilines is 1. The molecule has 0 radical (unpaired) electrons. The van der Waals surface area contributed by atoms with Crippen molar-refractivity contribution < 1.29 is 13.2 Å². The van der Waals surface area contributed by atoms with Crippen molar-refractivity contribution in [2.24, 2.45) is 5.14 Å². The van der Waals surface area contributed by atoms with Gasteiger partial charge in [-0.15, -0.1) is 0 Å². The number of aromatic nitrogens is 2. The van der Waals surface area contributed by atoms with E-state index in [0.29, 0.717) is 10.2 Å². The molecule has 7 nitrogen and oxygen atoms in total. The Balaban J connectivity index is 2.36. The third kappa shape index (κ3) is 2.88. The third-order valence-electron chi connectivity index (χ3n) is 2.76. The minimum absolute atomic E-state index is 0.0604. The summed E-state index contributed by atoms with van der Waals surface area (Å²) in [5.74, 6) is -0.307. The Morgan fingerprint density at radius 2 is 2.11 bits per heavy atom. The highest BCUT2D eigenvalue weighted by molar-refractivity contribution is 9.10. The number of sulfonamides is 1. The molecule has 19 heavy (non-hydrogen) atoms. The van der Waals surface area contributed by atoms with Crippen molar-refractivity contribution >= 4 is 49.4 Å². The van der Waals surface area contributed by atoms with Crippen LogP contribution in [0.25, 0.3) is 0 Å². The topological polar surface area (TPSA) is 106 Å². The lowest BCUT2D eigenvalue weighted by atomic mass is 10.4. The summed E-state index contributed by atoms with van der Waals surface area (Å²) >= 11 is 9.10. The minimum Gasteiger partial charge on any atom is -0.279 e. The van der Waals surface area contributed by atoms with Gasteiger partial charge in [0.1, 0.15) is 10.4 Å². The summed E-state index contributed by atoms with van der Waals surface area (Å²) in [4.78, 5) is 21.1. The van der Waals surface area contributed by atoms with Crippen LogP contribution in [0.3, 0.4) is 0 Å². The number of primary sulfonamides is 1. The normalized spacial score (nSPS) is 20.1. The highest BCUT2D eigenvalue weighted by Crippen LogP contribution is 2.28. The third-order valence-corrected chi connectivity index (χ3v) is 5.46. The first-order chi connectivity index (χ1) is 8.70. The average molecular weight is 370 g/mol. The van der Waals surface area contributed by atoms with E-state index in [9.17, 15) is 13.2 Å². The van der Waals surface area contributed by atoms with Crippen LogP contribution in [-0.4, -0.2) is 36.1 Å². The zero-order valence-electron chi connectivity index (χ0n) is 9.80. The summed E-state index contributed by atoms with van der Waals surface area (Å²) in [6.45, 7) is 1.63. The first kappa shape index (κ1) is 14.6. The Morgan fingerprint density at radius 3 is 2.58 bits per heavy atom. The molecule has 2 heterocycles. The number of rotatable bonds is 2. The molecule has 1 aromatic heterocycles. The molecule has 104 valence electrons. The second kappa shape index (κ2) is 4.97. The van der Waals surface area contributed by atoms with Gasteiger partial charge in [0.2, 0.25) is 21.9 Å². The molecular formula is C9H10BrClN4O3S. The Morgan fingerprint density at radius 1 is 1.47 bits per heavy atom. The van der Waals surface area contributed by atoms with Crippen molar-refractivity contribution in [3.63, 3.8) is 0 Å². The van der Waals surface area contributed by atoms with Gasteiger partial charge >= 0.3 is 0 Å². The van der Waals surface area contributed by atoms with Crippen molar-refractivity contribution in [3.05, 3.63) is 15.3 Å². The SMILES string of the molecule is Cc1nc(N2CC(S(N)(=O)=O)CC2=O)nc(Cl)c1Br. The van der Waals surface area contributed by atoms with Crippen LogP contribution >= 0.6 is 27.5 Å². The molecule has 10 heteroatoms. The lowest BCUT2D eigenvalue weighted by molar-refractivity contribution is -0.117. The van der Waals surface area contributed by atoms with E-state index < -0.39 is 21.2 Å². The predicted molar refractivity (Wildman–Crippen MR) is 73.3 cm³/mol. The van der Waals surface area contributed by atoms with Gasteiger partial charge < -0.3 is 0 Å². The molecule has 1 fully saturated rings. The molecule has 1 aliphatic rings. The molecule has 0 aliphatic carbocycles. The second-order valence-electron chi connectivity index (χ2n) is 4.13. The Bertz CT molecular complexity index is 628. The summed E-state index contributed by atoms with van der Waals surface area (Å²) in [6.07, 6.45) is -0.172. The molecule has 1 atom stereocenters. The number of halogens is 2. The van der Waals surface area contributed by atoms with Crippen LogP contribution in [0.1, 0.15) is 12.1 Å². The van der Waals surface area contributed by atoms with Gasteiger partial charge in [-0.1, -0.05) is 11.6 Å². The van der Waals surface area contributed by atoms with E-state index in [4.69, 9.17) is 16.7 Å². The second-order valence-corrected chi connectivity index (χ2v) is 7.13. The Hall–Kier alpha value is -0.770. The standard InChI is InChI=1S/C9H10BrClN4O3S/c1-4-7(10)8(11)14-9(13-4)15-3-5(2-6(15)16)19(12,17)18/h5H,2-3H2,1H3,(H2,12,17,18). The maximum Gasteiger partial charge on any atom is 0.233 e. The number of nitrogens with zero attached hydrogens (tertiary/aromatic N) is 3. The number of carbonyl (C=O) groups excluding carboxylic acids is 1. The van der Waals surface area contributed by atoms with E-state index in [1.807, 2.05) is 0 Å². The van der Waals surface area contributed by atoms with E-state index in [-0.39, 0.29) is 24.1 Å². The summed E-state index contributed by atoms with van der Waals surface area (Å²) in [5.41, 5.74) is 0.557. The van der Waals surface area contributed by atoms with Gasteiger partial charge in [0.15, 0.2) is 0 Å². The smallest absolute Gasteiger partial charge is 0.233 e. The van der Waals surface area contributed by atoms with Gasteiger partial charge in [0.25, 0.3) is 0 Å². The van der Waals surface area contributed by atoms with Crippen LogP contribution in [0.5, 0.6) is 0 Å². The molecule has 2 rings (SSSR count). The number of hydrogen-bond acceptors (Lipinski definition) is 5. The van der Waals surface area contributed by atoms with Crippen LogP contribution in [0, 0.1) is 6.92 Å². The molecule has 1 aliphatic heterocycles. The summed E-state index contributed by atoms with van der Waals surface area (Å²) in [5, 5.41) is 4.27. The molecule has 1 amide bonds. The number of carbonyl (C=O) groups is 1. The molecule has 0 aromatic carbocycles. The van der Waals surface area contributed by atoms with Crippen LogP contribution < -0.4 is 10.0 Å². The summed E-state index contributed by atoms with van der Waals surface area (Å²) in [6, 6.07) is 0. The van der Waals surface area contributed by atoms with Gasteiger partial charge in [-0.25, -0.2) is 18.5 Å². The molecular weight excluding hydrogens is 360 g/mol. The monoisotopic (exact) mass is 368 g/mol. The lowest BCUT2D eigenvalue weighted by Gasteiger charge is -2.15. The van der Waals surface area contributed by atoms with Crippen molar-refractivity contribution in [3.8, 4) is 0 Å². The van der Waals surface area contributed by atoms with Gasteiger partial charge in [-0.2, -0.15) is 4.98 Å². The summed E-state index contributed by atoms with van der Waals surface area (Å²) in [7, 11) is -3.77. The average Bonchev–Trinajstić information content (AvgIpc) is 2.67. The Labute approximate surface area is 123 Å². The minimum atomic E-state index is -3.77. The van der Waals surface area contributed by atoms with E-state index >= 15 is 0 Å². The van der Waals surface area contributed by atoms with Crippen molar-refractivity contribution in [2.45, 2.75) is 18.6 Å². The molecule has 1 saturated heterocycles. The number of nitrogens with two attached hydrogens (primary N) is 1. The number of hydrogen-bond donors (Lipinski definition) is 1. The maximum atomic E-state index is 11.8. The van der Waals surface area contributed by atoms with E-state index in [0.717, 1.165) is 0 Å². The first-order valence-corrected chi connectivity index (χ1v) is 8.00. The van der Waals surface area contributed by atoms with E-state index in [2.05, 4.69) is 25.9 Å². The largest absolute Gasteiger partial charge is 0.279 e. The van der Waals surface area contributed by atoms with Crippen LogP contribution in [0.15, 0.2) is 4.47 Å². The van der Waals surface area contributed by atoms with E-state index in [1.54, 1.807) is 6.92 Å². The van der Waals surface area contributed by atoms with E-state index in [1.165, 1.54) is 4.90 Å². The fraction of sp³-hybridized carbons (Fsp3) is 0.444. The summed E-state index contributed by atoms with van der Waals surface area (Å²) < 4.78 is 23.1. The van der Waals surface area contributed by atoms with Crippen LogP contribution in [-0.2, 0) is 14.8 Å². The molecule has 2 N–H and O–H groups in total. The lowest BCUT2D eigenvalue weighted by Crippen LogP contribution is -2.33. The zero-order chi connectivity index (χ0) is 14.4. The van der Waals surface area contributed by atoms with Crippen molar-refractivity contribution in [2.75, 3.05) is 11.4 Å². The first-order valence-electron chi connectivity index (χ1n) is 5.21. The molecule has 0 saturated carbocycles. The fourth-order valence-corrected chi connectivity index (χ4v) is 2.84. The Kier molecular flexibility index (Phi) is 3.83. The molecule has 0 bridgehead atoms. The van der Waals surface area contributed by atoms with Gasteiger partial charge in [0.05, 0.1) is 10.2 Å². The molecule has 0 spiro atoms. The van der Waals surface area contributed by atoms with Crippen LogP contribution in [0.4, 0.5) is 5.95 Å². The zero-order valence-corrected chi connectivity index (χ0v) is 13.0. The van der Waals surface area contributed by atoms with Crippen molar-refractivity contribution in [1.82, 2.24) is 9.97 Å². The molecule has 1 aromatic rings. The predicted octanol–water partition coefficient (Wildman–Crippen LogP) is 0.595. The van der Waals surface area contributed by atoms with Gasteiger partial charge in [-0.3, -0.25) is 9.69 Å². The quantitative estimate of drug-likeness (QED) is 0.768. The van der Waals surface area contributed by atoms with Gasteiger partial charge in [0, 0.05) is 13.0 Å². The molecule has 1 unspecified atom stereocenters. The van der Waals surface area contributed by atoms with Gasteiger partial charge in [-0.05, 0) is 22.9 Å². The maximum absolute atomic E-state index is 11.8.